The number of methoxy groups -OCH3 is 1. The Balaban J connectivity index is 2.41. The molecule has 8 nitrogen and oxygen atoms in total. The molecule has 0 radical (unpaired) electrons. The van der Waals surface area contributed by atoms with Crippen molar-refractivity contribution in [2.75, 3.05) is 37.4 Å². The topological polar surface area (TPSA) is 108 Å². The van der Waals surface area contributed by atoms with E-state index in [4.69, 9.17) is 9.84 Å². The largest absolute Gasteiger partial charge is 0.466 e. The SMILES string of the molecule is COC(=O)C1=C(Nc2cc(C)ccc2NC(C)=O)C(=O)N(CCO)C1. The maximum absolute atomic E-state index is 12.5. The Hall–Kier alpha value is -2.87. The molecule has 134 valence electrons. The smallest absolute Gasteiger partial charge is 0.337 e. The van der Waals surface area contributed by atoms with Crippen LogP contribution in [0.25, 0.3) is 0 Å². The van der Waals surface area contributed by atoms with Crippen molar-refractivity contribution >= 4 is 29.2 Å². The lowest BCUT2D eigenvalue weighted by molar-refractivity contribution is -0.136. The number of ether oxygens (including phenoxy) is 1. The van der Waals surface area contributed by atoms with Gasteiger partial charge in [-0.05, 0) is 24.6 Å². The van der Waals surface area contributed by atoms with Crippen LogP contribution in [-0.2, 0) is 19.1 Å². The molecule has 0 fully saturated rings. The van der Waals surface area contributed by atoms with Gasteiger partial charge in [0.15, 0.2) is 0 Å². The van der Waals surface area contributed by atoms with E-state index in [0.29, 0.717) is 11.4 Å². The number of hydrogen-bond acceptors (Lipinski definition) is 6. The predicted molar refractivity (Wildman–Crippen MR) is 91.8 cm³/mol. The van der Waals surface area contributed by atoms with Gasteiger partial charge in [-0.25, -0.2) is 4.79 Å². The molecule has 0 unspecified atom stereocenters. The van der Waals surface area contributed by atoms with Gasteiger partial charge in [0, 0.05) is 13.5 Å². The standard InChI is InChI=1S/C17H21N3O5/c1-10-4-5-13(18-11(2)22)14(8-10)19-15-12(17(24)25-3)9-20(6-7-21)16(15)23/h4-5,8,19,21H,6-7,9H2,1-3H3,(H,18,22). The van der Waals surface area contributed by atoms with E-state index in [1.165, 1.54) is 18.9 Å². The Bertz CT molecular complexity index is 742. The van der Waals surface area contributed by atoms with Crippen molar-refractivity contribution < 1.29 is 24.2 Å². The van der Waals surface area contributed by atoms with Gasteiger partial charge in [-0.3, -0.25) is 9.59 Å². The number of amides is 2. The van der Waals surface area contributed by atoms with Crippen LogP contribution in [0.1, 0.15) is 12.5 Å². The molecule has 3 N–H and O–H groups in total. The number of aliphatic hydroxyl groups excluding tert-OH is 1. The minimum absolute atomic E-state index is 0.0513. The molecule has 0 saturated carbocycles. The number of aryl methyl sites for hydroxylation is 1. The van der Waals surface area contributed by atoms with Gasteiger partial charge in [0.25, 0.3) is 5.91 Å². The molecule has 1 aromatic carbocycles. The number of anilines is 2. The van der Waals surface area contributed by atoms with Crippen molar-refractivity contribution in [1.29, 1.82) is 0 Å². The molecule has 2 rings (SSSR count). The van der Waals surface area contributed by atoms with E-state index in [1.54, 1.807) is 12.1 Å². The molecule has 1 heterocycles. The Kier molecular flexibility index (Phi) is 5.76. The molecular formula is C17H21N3O5. The highest BCUT2D eigenvalue weighted by atomic mass is 16.5. The van der Waals surface area contributed by atoms with Crippen molar-refractivity contribution in [3.63, 3.8) is 0 Å². The number of carbonyl (C=O) groups excluding carboxylic acids is 3. The molecule has 1 aromatic rings. The maximum Gasteiger partial charge on any atom is 0.337 e. The fraction of sp³-hybridized carbons (Fsp3) is 0.353. The van der Waals surface area contributed by atoms with E-state index in [-0.39, 0.29) is 36.9 Å². The summed E-state index contributed by atoms with van der Waals surface area (Å²) in [5.41, 5.74) is 2.15. The summed E-state index contributed by atoms with van der Waals surface area (Å²) < 4.78 is 4.75. The van der Waals surface area contributed by atoms with Gasteiger partial charge < -0.3 is 25.4 Å². The lowest BCUT2D eigenvalue weighted by Gasteiger charge is -2.16. The van der Waals surface area contributed by atoms with Gasteiger partial charge >= 0.3 is 5.97 Å². The second-order valence-electron chi connectivity index (χ2n) is 5.65. The zero-order valence-electron chi connectivity index (χ0n) is 14.4. The van der Waals surface area contributed by atoms with Gasteiger partial charge in [0.2, 0.25) is 5.91 Å². The van der Waals surface area contributed by atoms with Crippen molar-refractivity contribution in [2.24, 2.45) is 0 Å². The molecule has 8 heteroatoms. The molecule has 25 heavy (non-hydrogen) atoms. The highest BCUT2D eigenvalue weighted by Gasteiger charge is 2.34. The third-order valence-electron chi connectivity index (χ3n) is 3.70. The summed E-state index contributed by atoms with van der Waals surface area (Å²) in [6.45, 7) is 3.20. The number of esters is 1. The van der Waals surface area contributed by atoms with Crippen LogP contribution in [0.15, 0.2) is 29.5 Å². The van der Waals surface area contributed by atoms with Crippen LogP contribution >= 0.6 is 0 Å². The molecule has 0 aromatic heterocycles. The van der Waals surface area contributed by atoms with Crippen LogP contribution in [-0.4, -0.2) is 54.6 Å². The quantitative estimate of drug-likeness (QED) is 0.652. The number of nitrogens with zero attached hydrogens (tertiary/aromatic N) is 1. The molecule has 0 atom stereocenters. The van der Waals surface area contributed by atoms with Crippen LogP contribution in [0, 0.1) is 6.92 Å². The fourth-order valence-corrected chi connectivity index (χ4v) is 2.54. The predicted octanol–water partition coefficient (Wildman–Crippen LogP) is 0.627. The Morgan fingerprint density at radius 1 is 1.32 bits per heavy atom. The summed E-state index contributed by atoms with van der Waals surface area (Å²) in [5.74, 6) is -1.29. The minimum atomic E-state index is -0.620. The van der Waals surface area contributed by atoms with Crippen molar-refractivity contribution in [3.8, 4) is 0 Å². The number of aliphatic hydroxyl groups is 1. The summed E-state index contributed by atoms with van der Waals surface area (Å²) in [5, 5.41) is 14.7. The third kappa shape index (κ3) is 4.16. The van der Waals surface area contributed by atoms with E-state index >= 15 is 0 Å². The number of hydrogen-bond donors (Lipinski definition) is 3. The van der Waals surface area contributed by atoms with E-state index in [9.17, 15) is 14.4 Å². The third-order valence-corrected chi connectivity index (χ3v) is 3.70. The van der Waals surface area contributed by atoms with Crippen LogP contribution in [0.2, 0.25) is 0 Å². The van der Waals surface area contributed by atoms with Gasteiger partial charge in [-0.2, -0.15) is 0 Å². The molecular weight excluding hydrogens is 326 g/mol. The van der Waals surface area contributed by atoms with Crippen LogP contribution < -0.4 is 10.6 Å². The molecule has 0 bridgehead atoms. The number of β-amino-alcohol motifs (C(OH)–C–C–N with tert-alkyl or cyclic N) is 1. The summed E-state index contributed by atoms with van der Waals surface area (Å²) >= 11 is 0. The van der Waals surface area contributed by atoms with Crippen LogP contribution in [0.4, 0.5) is 11.4 Å². The van der Waals surface area contributed by atoms with Gasteiger partial charge in [0.05, 0.1) is 37.2 Å². The highest BCUT2D eigenvalue weighted by Crippen LogP contribution is 2.28. The summed E-state index contributed by atoms with van der Waals surface area (Å²) in [6, 6.07) is 5.29. The first-order chi connectivity index (χ1) is 11.9. The lowest BCUT2D eigenvalue weighted by atomic mass is 10.1. The van der Waals surface area contributed by atoms with Crippen LogP contribution in [0.5, 0.6) is 0 Å². The second-order valence-corrected chi connectivity index (χ2v) is 5.65. The zero-order valence-corrected chi connectivity index (χ0v) is 14.4. The molecule has 0 spiro atoms. The van der Waals surface area contributed by atoms with E-state index in [2.05, 4.69) is 10.6 Å². The van der Waals surface area contributed by atoms with Crippen molar-refractivity contribution in [3.05, 3.63) is 35.0 Å². The summed E-state index contributed by atoms with van der Waals surface area (Å²) in [6.07, 6.45) is 0. The van der Waals surface area contributed by atoms with Crippen molar-refractivity contribution in [2.45, 2.75) is 13.8 Å². The lowest BCUT2D eigenvalue weighted by Crippen LogP contribution is -2.31. The van der Waals surface area contributed by atoms with Gasteiger partial charge in [0.1, 0.15) is 5.70 Å². The molecule has 1 aliphatic rings. The van der Waals surface area contributed by atoms with E-state index < -0.39 is 11.9 Å². The average molecular weight is 347 g/mol. The number of carbonyl (C=O) groups is 3. The summed E-state index contributed by atoms with van der Waals surface area (Å²) in [7, 11) is 1.24. The highest BCUT2D eigenvalue weighted by molar-refractivity contribution is 6.09. The maximum atomic E-state index is 12.5. The van der Waals surface area contributed by atoms with Crippen molar-refractivity contribution in [1.82, 2.24) is 4.90 Å². The van der Waals surface area contributed by atoms with E-state index in [0.717, 1.165) is 5.56 Å². The monoisotopic (exact) mass is 347 g/mol. The molecule has 0 aliphatic carbocycles. The normalized spacial score (nSPS) is 13.9. The minimum Gasteiger partial charge on any atom is -0.466 e. The second kappa shape index (κ2) is 7.80. The number of benzene rings is 1. The Morgan fingerprint density at radius 2 is 2.04 bits per heavy atom. The zero-order chi connectivity index (χ0) is 18.6. The molecule has 1 aliphatic heterocycles. The van der Waals surface area contributed by atoms with Gasteiger partial charge in [-0.1, -0.05) is 6.07 Å². The number of rotatable bonds is 6. The molecule has 0 saturated heterocycles. The average Bonchev–Trinajstić information content (AvgIpc) is 2.86. The van der Waals surface area contributed by atoms with E-state index in [1.807, 2.05) is 13.0 Å². The first kappa shape index (κ1) is 18.5. The first-order valence-corrected chi connectivity index (χ1v) is 7.74. The number of nitrogens with one attached hydrogen (secondary N) is 2. The first-order valence-electron chi connectivity index (χ1n) is 7.74. The Morgan fingerprint density at radius 3 is 2.64 bits per heavy atom. The summed E-state index contributed by atoms with van der Waals surface area (Å²) in [4.78, 5) is 37.3. The van der Waals surface area contributed by atoms with Crippen LogP contribution in [0.3, 0.4) is 0 Å². The fourth-order valence-electron chi connectivity index (χ4n) is 2.54. The Labute approximate surface area is 145 Å². The van der Waals surface area contributed by atoms with Gasteiger partial charge in [-0.15, -0.1) is 0 Å². The molecule has 2 amide bonds.